The van der Waals surface area contributed by atoms with E-state index < -0.39 is 5.91 Å². The first-order chi connectivity index (χ1) is 13.6. The Bertz CT molecular complexity index is 1030. The first-order valence-electron chi connectivity index (χ1n) is 8.40. The molecule has 8 heteroatoms. The Labute approximate surface area is 162 Å². The number of ether oxygens (including phenoxy) is 4. The molecule has 0 spiro atoms. The average Bonchev–Trinajstić information content (AvgIpc) is 3.18. The minimum atomic E-state index is -0.404. The molecule has 0 saturated carbocycles. The molecular weight excluding hydrogens is 362 g/mol. The number of hydrogen-bond donors (Lipinski definition) is 2. The van der Waals surface area contributed by atoms with E-state index in [2.05, 4.69) is 15.5 Å². The molecule has 3 rings (SSSR count). The van der Waals surface area contributed by atoms with Gasteiger partial charge in [-0.05, 0) is 23.8 Å². The number of aromatic nitrogens is 1. The summed E-state index contributed by atoms with van der Waals surface area (Å²) in [6.45, 7) is 0. The second-order valence-electron chi connectivity index (χ2n) is 5.76. The van der Waals surface area contributed by atoms with Gasteiger partial charge in [-0.1, -0.05) is 12.1 Å². The summed E-state index contributed by atoms with van der Waals surface area (Å²) < 4.78 is 21.3. The fourth-order valence-corrected chi connectivity index (χ4v) is 2.81. The van der Waals surface area contributed by atoms with Gasteiger partial charge in [-0.3, -0.25) is 4.79 Å². The molecule has 0 aliphatic carbocycles. The van der Waals surface area contributed by atoms with Gasteiger partial charge in [-0.25, -0.2) is 5.43 Å². The molecular formula is C20H21N3O5. The van der Waals surface area contributed by atoms with Crippen molar-refractivity contribution in [1.29, 1.82) is 0 Å². The van der Waals surface area contributed by atoms with Gasteiger partial charge in [0.2, 0.25) is 0 Å². The molecule has 0 aliphatic rings. The van der Waals surface area contributed by atoms with E-state index in [0.717, 1.165) is 5.56 Å². The van der Waals surface area contributed by atoms with Crippen LogP contribution in [0.25, 0.3) is 10.9 Å². The third-order valence-electron chi connectivity index (χ3n) is 4.16. The highest BCUT2D eigenvalue weighted by molar-refractivity contribution is 6.02. The van der Waals surface area contributed by atoms with Gasteiger partial charge in [0.15, 0.2) is 11.5 Å². The van der Waals surface area contributed by atoms with Gasteiger partial charge in [0, 0.05) is 11.5 Å². The normalized spacial score (nSPS) is 10.9. The van der Waals surface area contributed by atoms with Crippen molar-refractivity contribution in [1.82, 2.24) is 10.4 Å². The SMILES string of the molecule is COc1cccc(/C=N\NC(=O)c2cc3c(OC)cc(OC)c(OC)c3[nH]2)c1. The van der Waals surface area contributed by atoms with Crippen molar-refractivity contribution < 1.29 is 23.7 Å². The second kappa shape index (κ2) is 8.34. The number of fused-ring (bicyclic) bond motifs is 1. The van der Waals surface area contributed by atoms with Crippen molar-refractivity contribution in [3.63, 3.8) is 0 Å². The van der Waals surface area contributed by atoms with Gasteiger partial charge in [-0.2, -0.15) is 5.10 Å². The number of aromatic amines is 1. The summed E-state index contributed by atoms with van der Waals surface area (Å²) in [4.78, 5) is 15.5. The van der Waals surface area contributed by atoms with Crippen LogP contribution in [0, 0.1) is 0 Å². The molecule has 2 aromatic carbocycles. The fourth-order valence-electron chi connectivity index (χ4n) is 2.81. The standard InChI is InChI=1S/C20H21N3O5/c1-25-13-7-5-6-12(8-13)11-21-23-20(24)15-9-14-16(26-2)10-17(27-3)19(28-4)18(14)22-15/h5-11,22H,1-4H3,(H,23,24)/b21-11-. The van der Waals surface area contributed by atoms with Crippen molar-refractivity contribution in [2.45, 2.75) is 0 Å². The van der Waals surface area contributed by atoms with E-state index in [4.69, 9.17) is 18.9 Å². The van der Waals surface area contributed by atoms with Crippen molar-refractivity contribution in [2.75, 3.05) is 28.4 Å². The Balaban J connectivity index is 1.86. The van der Waals surface area contributed by atoms with Gasteiger partial charge in [-0.15, -0.1) is 0 Å². The number of rotatable bonds is 7. The number of methoxy groups -OCH3 is 4. The molecule has 0 unspecified atom stereocenters. The van der Waals surface area contributed by atoms with E-state index in [-0.39, 0.29) is 0 Å². The largest absolute Gasteiger partial charge is 0.497 e. The van der Waals surface area contributed by atoms with E-state index in [1.54, 1.807) is 32.4 Å². The van der Waals surface area contributed by atoms with Gasteiger partial charge < -0.3 is 23.9 Å². The molecule has 0 radical (unpaired) electrons. The van der Waals surface area contributed by atoms with Crippen LogP contribution in [-0.2, 0) is 0 Å². The lowest BCUT2D eigenvalue weighted by atomic mass is 10.2. The Kier molecular flexibility index (Phi) is 5.69. The Hall–Kier alpha value is -3.68. The number of hydrazone groups is 1. The molecule has 2 N–H and O–H groups in total. The number of nitrogens with zero attached hydrogens (tertiary/aromatic N) is 1. The van der Waals surface area contributed by atoms with E-state index in [1.165, 1.54) is 20.4 Å². The summed E-state index contributed by atoms with van der Waals surface area (Å²) in [7, 11) is 6.20. The maximum Gasteiger partial charge on any atom is 0.287 e. The van der Waals surface area contributed by atoms with Crippen molar-refractivity contribution >= 4 is 23.0 Å². The highest BCUT2D eigenvalue weighted by Gasteiger charge is 2.19. The van der Waals surface area contributed by atoms with Crippen molar-refractivity contribution in [3.8, 4) is 23.0 Å². The number of carbonyl (C=O) groups excluding carboxylic acids is 1. The number of hydrogen-bond acceptors (Lipinski definition) is 6. The van der Waals surface area contributed by atoms with Crippen LogP contribution in [-0.4, -0.2) is 45.5 Å². The quantitative estimate of drug-likeness (QED) is 0.483. The molecule has 0 atom stereocenters. The van der Waals surface area contributed by atoms with E-state index in [9.17, 15) is 4.79 Å². The summed E-state index contributed by atoms with van der Waals surface area (Å²) in [5.74, 6) is 1.84. The van der Waals surface area contributed by atoms with Crippen molar-refractivity contribution in [2.24, 2.45) is 5.10 Å². The average molecular weight is 383 g/mol. The molecule has 0 fully saturated rings. The monoisotopic (exact) mass is 383 g/mol. The smallest absolute Gasteiger partial charge is 0.287 e. The first kappa shape index (κ1) is 19.1. The summed E-state index contributed by atoms with van der Waals surface area (Å²) in [6.07, 6.45) is 1.53. The predicted octanol–water partition coefficient (Wildman–Crippen LogP) is 2.97. The number of benzene rings is 2. The Morgan fingerprint density at radius 3 is 2.46 bits per heavy atom. The van der Waals surface area contributed by atoms with Crippen LogP contribution >= 0.6 is 0 Å². The molecule has 3 aromatic rings. The zero-order valence-electron chi connectivity index (χ0n) is 16.0. The lowest BCUT2D eigenvalue weighted by Gasteiger charge is -2.11. The predicted molar refractivity (Wildman–Crippen MR) is 106 cm³/mol. The Morgan fingerprint density at radius 1 is 1.00 bits per heavy atom. The summed E-state index contributed by atoms with van der Waals surface area (Å²) in [5, 5.41) is 4.69. The molecule has 28 heavy (non-hydrogen) atoms. The second-order valence-corrected chi connectivity index (χ2v) is 5.76. The van der Waals surface area contributed by atoms with Crippen LogP contribution in [0.3, 0.4) is 0 Å². The van der Waals surface area contributed by atoms with Crippen LogP contribution < -0.4 is 24.4 Å². The van der Waals surface area contributed by atoms with Crippen LogP contribution in [0.1, 0.15) is 16.1 Å². The zero-order valence-corrected chi connectivity index (χ0v) is 16.0. The molecule has 0 saturated heterocycles. The van der Waals surface area contributed by atoms with E-state index in [1.807, 2.05) is 18.2 Å². The maximum absolute atomic E-state index is 12.5. The van der Waals surface area contributed by atoms with Crippen molar-refractivity contribution in [3.05, 3.63) is 47.7 Å². The Morgan fingerprint density at radius 2 is 1.79 bits per heavy atom. The minimum absolute atomic E-state index is 0.308. The number of H-pyrrole nitrogens is 1. The van der Waals surface area contributed by atoms with Crippen LogP contribution in [0.15, 0.2) is 41.5 Å². The molecule has 0 bridgehead atoms. The molecule has 8 nitrogen and oxygen atoms in total. The lowest BCUT2D eigenvalue weighted by molar-refractivity contribution is 0.0951. The summed E-state index contributed by atoms with van der Waals surface area (Å²) >= 11 is 0. The van der Waals surface area contributed by atoms with Crippen LogP contribution in [0.4, 0.5) is 0 Å². The molecule has 1 aromatic heterocycles. The highest BCUT2D eigenvalue weighted by atomic mass is 16.5. The number of carbonyl (C=O) groups is 1. The van der Waals surface area contributed by atoms with Gasteiger partial charge in [0.1, 0.15) is 17.2 Å². The minimum Gasteiger partial charge on any atom is -0.497 e. The third kappa shape index (κ3) is 3.71. The fraction of sp³-hybridized carbons (Fsp3) is 0.200. The lowest BCUT2D eigenvalue weighted by Crippen LogP contribution is -2.17. The van der Waals surface area contributed by atoms with Crippen LogP contribution in [0.2, 0.25) is 0 Å². The maximum atomic E-state index is 12.5. The molecule has 0 aliphatic heterocycles. The van der Waals surface area contributed by atoms with Gasteiger partial charge in [0.25, 0.3) is 5.91 Å². The number of nitrogens with one attached hydrogen (secondary N) is 2. The highest BCUT2D eigenvalue weighted by Crippen LogP contribution is 2.41. The topological polar surface area (TPSA) is 94.2 Å². The third-order valence-corrected chi connectivity index (χ3v) is 4.16. The zero-order chi connectivity index (χ0) is 20.1. The van der Waals surface area contributed by atoms with E-state index in [0.29, 0.717) is 39.6 Å². The van der Waals surface area contributed by atoms with Crippen LogP contribution in [0.5, 0.6) is 23.0 Å². The van der Waals surface area contributed by atoms with Gasteiger partial charge in [0.05, 0.1) is 40.2 Å². The van der Waals surface area contributed by atoms with Gasteiger partial charge >= 0.3 is 0 Å². The summed E-state index contributed by atoms with van der Waals surface area (Å²) in [5.41, 5.74) is 4.20. The molecule has 146 valence electrons. The molecule has 1 amide bonds. The summed E-state index contributed by atoms with van der Waals surface area (Å²) in [6, 6.07) is 10.7. The van der Waals surface area contributed by atoms with E-state index >= 15 is 0 Å². The molecule has 1 heterocycles. The number of amides is 1. The first-order valence-corrected chi connectivity index (χ1v) is 8.40.